The molecule has 10 heteroatoms. The maximum absolute atomic E-state index is 13.5. The largest absolute Gasteiger partial charge is 0.327 e. The number of rotatable bonds is 3. The summed E-state index contributed by atoms with van der Waals surface area (Å²) in [4.78, 5) is 40.2. The SMILES string of the molecule is Cc1ncc(NC(=O)C(=O)N2C[C@H](C)CC[C@H]2c2ccc3sc(C4CCN(C)CC4)nc3c2)c2[nH]ncc12. The third-order valence-corrected chi connectivity index (χ3v) is 9.29. The second-order valence-electron chi connectivity index (χ2n) is 10.9. The lowest BCUT2D eigenvalue weighted by atomic mass is 9.89. The molecular formula is C28H33N7O2S. The molecule has 1 aromatic carbocycles. The minimum atomic E-state index is -0.662. The molecular weight excluding hydrogens is 498 g/mol. The van der Waals surface area contributed by atoms with Gasteiger partial charge in [-0.3, -0.25) is 19.7 Å². The van der Waals surface area contributed by atoms with E-state index < -0.39 is 11.8 Å². The van der Waals surface area contributed by atoms with Crippen molar-refractivity contribution in [3.8, 4) is 0 Å². The number of piperidine rings is 2. The molecule has 4 aromatic rings. The van der Waals surface area contributed by atoms with Gasteiger partial charge in [-0.15, -0.1) is 11.3 Å². The summed E-state index contributed by atoms with van der Waals surface area (Å²) >= 11 is 1.79. The normalized spacial score (nSPS) is 21.3. The highest BCUT2D eigenvalue weighted by molar-refractivity contribution is 7.18. The van der Waals surface area contributed by atoms with Crippen LogP contribution in [0.25, 0.3) is 21.1 Å². The number of anilines is 1. The van der Waals surface area contributed by atoms with E-state index in [-0.39, 0.29) is 6.04 Å². The van der Waals surface area contributed by atoms with E-state index >= 15 is 0 Å². The van der Waals surface area contributed by atoms with E-state index in [9.17, 15) is 9.59 Å². The van der Waals surface area contributed by atoms with Gasteiger partial charge < -0.3 is 15.1 Å². The van der Waals surface area contributed by atoms with Crippen LogP contribution in [0.1, 0.15) is 60.8 Å². The lowest BCUT2D eigenvalue weighted by Gasteiger charge is -2.38. The fraction of sp³-hybridized carbons (Fsp3) is 0.464. The molecule has 2 fully saturated rings. The molecule has 5 heterocycles. The topological polar surface area (TPSA) is 107 Å². The van der Waals surface area contributed by atoms with E-state index in [1.807, 2.05) is 6.92 Å². The van der Waals surface area contributed by atoms with Crippen LogP contribution in [0.2, 0.25) is 0 Å². The highest BCUT2D eigenvalue weighted by Gasteiger charge is 2.35. The van der Waals surface area contributed by atoms with Crippen LogP contribution < -0.4 is 5.32 Å². The number of amides is 2. The molecule has 6 rings (SSSR count). The average molecular weight is 532 g/mol. The van der Waals surface area contributed by atoms with Crippen LogP contribution in [-0.4, -0.2) is 68.5 Å². The van der Waals surface area contributed by atoms with Gasteiger partial charge in [0.05, 0.1) is 44.9 Å². The van der Waals surface area contributed by atoms with Crippen molar-refractivity contribution >= 4 is 50.0 Å². The number of likely N-dealkylation sites (tertiary alicyclic amines) is 2. The van der Waals surface area contributed by atoms with E-state index in [4.69, 9.17) is 4.98 Å². The van der Waals surface area contributed by atoms with Crippen molar-refractivity contribution in [1.82, 2.24) is 30.0 Å². The molecule has 38 heavy (non-hydrogen) atoms. The van der Waals surface area contributed by atoms with Crippen molar-refractivity contribution < 1.29 is 9.59 Å². The fourth-order valence-electron chi connectivity index (χ4n) is 5.79. The highest BCUT2D eigenvalue weighted by atomic mass is 32.1. The Morgan fingerprint density at radius 3 is 2.76 bits per heavy atom. The first-order chi connectivity index (χ1) is 18.4. The van der Waals surface area contributed by atoms with Gasteiger partial charge in [0.25, 0.3) is 0 Å². The van der Waals surface area contributed by atoms with Crippen molar-refractivity contribution in [1.29, 1.82) is 0 Å². The fourth-order valence-corrected chi connectivity index (χ4v) is 6.90. The molecule has 2 N–H and O–H groups in total. The standard InChI is InChI=1S/C28H33N7O2S/c1-16-4-6-23(19-5-7-24-21(12-19)32-27(38-24)18-8-10-34(3)11-9-18)35(15-16)28(37)26(36)31-22-14-29-17(2)20-13-30-33-25(20)22/h5,7,12-14,16,18,23H,4,6,8-11,15H2,1-3H3,(H,30,33)(H,31,36)/t16-,23+/m1/s1. The molecule has 2 aliphatic rings. The monoisotopic (exact) mass is 531 g/mol. The predicted molar refractivity (Wildman–Crippen MR) is 149 cm³/mol. The van der Waals surface area contributed by atoms with Crippen LogP contribution in [0.5, 0.6) is 0 Å². The number of aryl methyl sites for hydroxylation is 1. The molecule has 0 spiro atoms. The summed E-state index contributed by atoms with van der Waals surface area (Å²) in [6.07, 6.45) is 7.34. The molecule has 0 saturated carbocycles. The van der Waals surface area contributed by atoms with Gasteiger partial charge in [0, 0.05) is 23.5 Å². The van der Waals surface area contributed by atoms with Crippen LogP contribution in [-0.2, 0) is 9.59 Å². The van der Waals surface area contributed by atoms with Gasteiger partial charge in [0.2, 0.25) is 0 Å². The van der Waals surface area contributed by atoms with Gasteiger partial charge in [-0.2, -0.15) is 5.10 Å². The number of fused-ring (bicyclic) bond motifs is 2. The van der Waals surface area contributed by atoms with Crippen molar-refractivity contribution in [3.63, 3.8) is 0 Å². The van der Waals surface area contributed by atoms with Crippen LogP contribution in [0, 0.1) is 12.8 Å². The second-order valence-corrected chi connectivity index (χ2v) is 11.9. The minimum Gasteiger partial charge on any atom is -0.327 e. The summed E-state index contributed by atoms with van der Waals surface area (Å²) in [5.41, 5.74) is 3.95. The summed E-state index contributed by atoms with van der Waals surface area (Å²) < 4.78 is 1.18. The lowest BCUT2D eigenvalue weighted by molar-refractivity contribution is -0.146. The van der Waals surface area contributed by atoms with Crippen molar-refractivity contribution in [2.75, 3.05) is 32.0 Å². The molecule has 2 atom stereocenters. The van der Waals surface area contributed by atoms with E-state index in [2.05, 4.69) is 57.6 Å². The Labute approximate surface area is 225 Å². The van der Waals surface area contributed by atoms with Crippen molar-refractivity contribution in [2.24, 2.45) is 5.92 Å². The van der Waals surface area contributed by atoms with Gasteiger partial charge >= 0.3 is 11.8 Å². The number of benzene rings is 1. The molecule has 2 aliphatic heterocycles. The molecule has 3 aromatic heterocycles. The maximum atomic E-state index is 13.5. The van der Waals surface area contributed by atoms with Crippen LogP contribution in [0.15, 0.2) is 30.6 Å². The highest BCUT2D eigenvalue weighted by Crippen LogP contribution is 2.38. The number of aromatic nitrogens is 4. The number of hydrogen-bond donors (Lipinski definition) is 2. The summed E-state index contributed by atoms with van der Waals surface area (Å²) in [6.45, 7) is 6.76. The number of thiazole rings is 1. The number of H-pyrrole nitrogens is 1. The molecule has 9 nitrogen and oxygen atoms in total. The lowest BCUT2D eigenvalue weighted by Crippen LogP contribution is -2.46. The zero-order chi connectivity index (χ0) is 26.4. The molecule has 0 unspecified atom stereocenters. The predicted octanol–water partition coefficient (Wildman–Crippen LogP) is 4.62. The minimum absolute atomic E-state index is 0.161. The van der Waals surface area contributed by atoms with E-state index in [1.54, 1.807) is 28.6 Å². The van der Waals surface area contributed by atoms with Crippen LogP contribution in [0.3, 0.4) is 0 Å². The summed E-state index contributed by atoms with van der Waals surface area (Å²) in [7, 11) is 2.18. The quantitative estimate of drug-likeness (QED) is 0.374. The Bertz CT molecular complexity index is 1500. The molecule has 0 radical (unpaired) electrons. The molecule has 2 saturated heterocycles. The Morgan fingerprint density at radius 2 is 1.95 bits per heavy atom. The summed E-state index contributed by atoms with van der Waals surface area (Å²) in [5.74, 6) is -0.352. The number of pyridine rings is 1. The maximum Gasteiger partial charge on any atom is 0.314 e. The third-order valence-electron chi connectivity index (χ3n) is 8.09. The van der Waals surface area contributed by atoms with Crippen molar-refractivity contribution in [3.05, 3.63) is 46.9 Å². The number of carbonyl (C=O) groups is 2. The Kier molecular flexibility index (Phi) is 6.61. The smallest absolute Gasteiger partial charge is 0.314 e. The zero-order valence-corrected chi connectivity index (χ0v) is 22.8. The van der Waals surface area contributed by atoms with Crippen molar-refractivity contribution in [2.45, 2.75) is 51.5 Å². The molecule has 2 amide bonds. The average Bonchev–Trinajstić information content (AvgIpc) is 3.58. The molecule has 198 valence electrons. The van der Waals surface area contributed by atoms with Crippen LogP contribution in [0.4, 0.5) is 5.69 Å². The first kappa shape index (κ1) is 24.9. The zero-order valence-electron chi connectivity index (χ0n) is 22.0. The number of aromatic amines is 1. The van der Waals surface area contributed by atoms with E-state index in [1.165, 1.54) is 9.71 Å². The van der Waals surface area contributed by atoms with Gasteiger partial charge in [-0.25, -0.2) is 4.98 Å². The number of nitrogens with one attached hydrogen (secondary N) is 2. The van der Waals surface area contributed by atoms with Gasteiger partial charge in [-0.1, -0.05) is 13.0 Å². The van der Waals surface area contributed by atoms with Gasteiger partial charge in [-0.05, 0) is 76.4 Å². The Morgan fingerprint density at radius 1 is 1.13 bits per heavy atom. The Hall–Kier alpha value is -3.37. The number of carbonyl (C=O) groups excluding carboxylic acids is 2. The number of nitrogens with zero attached hydrogens (tertiary/aromatic N) is 5. The van der Waals surface area contributed by atoms with Gasteiger partial charge in [0.15, 0.2) is 0 Å². The first-order valence-electron chi connectivity index (χ1n) is 13.4. The van der Waals surface area contributed by atoms with Gasteiger partial charge in [0.1, 0.15) is 0 Å². The Balaban J connectivity index is 1.24. The first-order valence-corrected chi connectivity index (χ1v) is 14.2. The van der Waals surface area contributed by atoms with Crippen LogP contribution >= 0.6 is 11.3 Å². The number of hydrogen-bond acceptors (Lipinski definition) is 7. The third kappa shape index (κ3) is 4.67. The van der Waals surface area contributed by atoms with E-state index in [0.717, 1.165) is 60.9 Å². The molecule has 0 bridgehead atoms. The summed E-state index contributed by atoms with van der Waals surface area (Å²) in [6, 6.07) is 6.21. The van der Waals surface area contributed by atoms with E-state index in [0.29, 0.717) is 29.6 Å². The second kappa shape index (κ2) is 10.1. The summed E-state index contributed by atoms with van der Waals surface area (Å²) in [5, 5.41) is 11.8. The molecule has 0 aliphatic carbocycles.